The first-order chi connectivity index (χ1) is 12.9. The zero-order chi connectivity index (χ0) is 19.1. The molecule has 2 unspecified atom stereocenters. The maximum Gasteiger partial charge on any atom is 0.254 e. The third-order valence-electron chi connectivity index (χ3n) is 6.50. The molecular formula is C21H26BrFN2O2. The van der Waals surface area contributed by atoms with Gasteiger partial charge in [0.1, 0.15) is 5.82 Å². The van der Waals surface area contributed by atoms with Gasteiger partial charge in [0.05, 0.1) is 5.56 Å². The second kappa shape index (κ2) is 7.19. The predicted molar refractivity (Wildman–Crippen MR) is 105 cm³/mol. The Kier molecular flexibility index (Phi) is 5.04. The zero-order valence-electron chi connectivity index (χ0n) is 15.4. The van der Waals surface area contributed by atoms with Gasteiger partial charge >= 0.3 is 0 Å². The molecule has 0 aromatic heterocycles. The summed E-state index contributed by atoms with van der Waals surface area (Å²) in [6, 6.07) is 5.89. The van der Waals surface area contributed by atoms with E-state index in [1.54, 1.807) is 12.1 Å². The maximum absolute atomic E-state index is 13.6. The van der Waals surface area contributed by atoms with Crippen molar-refractivity contribution in [2.24, 2.45) is 17.3 Å². The first kappa shape index (κ1) is 18.9. The van der Waals surface area contributed by atoms with Crippen LogP contribution in [0.25, 0.3) is 0 Å². The Morgan fingerprint density at radius 3 is 2.41 bits per heavy atom. The van der Waals surface area contributed by atoms with Crippen molar-refractivity contribution in [1.82, 2.24) is 10.6 Å². The molecule has 0 spiro atoms. The van der Waals surface area contributed by atoms with Crippen LogP contribution in [0.4, 0.5) is 4.39 Å². The third-order valence-corrected chi connectivity index (χ3v) is 7.43. The van der Waals surface area contributed by atoms with Crippen LogP contribution in [0.2, 0.25) is 0 Å². The van der Waals surface area contributed by atoms with Crippen molar-refractivity contribution < 1.29 is 14.0 Å². The number of halogens is 2. The Balaban J connectivity index is 1.24. The number of carbonyl (C=O) groups is 2. The number of nitrogens with one attached hydrogen (secondary N) is 2. The van der Waals surface area contributed by atoms with Crippen molar-refractivity contribution in [3.8, 4) is 0 Å². The van der Waals surface area contributed by atoms with E-state index >= 15 is 0 Å². The van der Waals surface area contributed by atoms with E-state index in [9.17, 15) is 14.0 Å². The van der Waals surface area contributed by atoms with Crippen LogP contribution < -0.4 is 10.6 Å². The molecule has 4 bridgehead atoms. The number of amides is 2. The summed E-state index contributed by atoms with van der Waals surface area (Å²) in [7, 11) is 0. The van der Waals surface area contributed by atoms with E-state index in [2.05, 4.69) is 26.6 Å². The summed E-state index contributed by atoms with van der Waals surface area (Å²) in [5.74, 6) is 0.597. The molecule has 5 rings (SSSR count). The first-order valence-corrected chi connectivity index (χ1v) is 10.6. The highest BCUT2D eigenvalue weighted by atomic mass is 79.9. The van der Waals surface area contributed by atoms with Crippen molar-refractivity contribution in [3.63, 3.8) is 0 Å². The highest BCUT2D eigenvalue weighted by Crippen LogP contribution is 2.65. The van der Waals surface area contributed by atoms with Gasteiger partial charge in [0.2, 0.25) is 5.91 Å². The third kappa shape index (κ3) is 4.05. The van der Waals surface area contributed by atoms with E-state index in [1.165, 1.54) is 44.2 Å². The molecule has 4 saturated carbocycles. The molecular weight excluding hydrogens is 411 g/mol. The summed E-state index contributed by atoms with van der Waals surface area (Å²) < 4.78 is 13.8. The topological polar surface area (TPSA) is 58.2 Å². The zero-order valence-corrected chi connectivity index (χ0v) is 17.0. The van der Waals surface area contributed by atoms with Crippen LogP contribution in [0.1, 0.15) is 55.3 Å². The van der Waals surface area contributed by atoms with Gasteiger partial charge in [-0.25, -0.2) is 4.39 Å². The van der Waals surface area contributed by atoms with Crippen molar-refractivity contribution in [2.75, 3.05) is 13.1 Å². The molecule has 0 radical (unpaired) electrons. The van der Waals surface area contributed by atoms with Gasteiger partial charge < -0.3 is 10.6 Å². The highest BCUT2D eigenvalue weighted by molar-refractivity contribution is 9.10. The van der Waals surface area contributed by atoms with Crippen LogP contribution in [0, 0.1) is 23.1 Å². The van der Waals surface area contributed by atoms with E-state index in [1.807, 2.05) is 0 Å². The average Bonchev–Trinajstić information content (AvgIpc) is 2.56. The van der Waals surface area contributed by atoms with Gasteiger partial charge in [-0.1, -0.05) is 28.1 Å². The summed E-state index contributed by atoms with van der Waals surface area (Å²) in [6.45, 7) is 0.654. The average molecular weight is 437 g/mol. The predicted octanol–water partition coefficient (Wildman–Crippen LogP) is 3.80. The molecule has 4 aliphatic carbocycles. The number of carbonyl (C=O) groups excluding carboxylic acids is 2. The molecule has 27 heavy (non-hydrogen) atoms. The fourth-order valence-corrected chi connectivity index (χ4v) is 7.57. The van der Waals surface area contributed by atoms with Crippen molar-refractivity contribution in [1.29, 1.82) is 0 Å². The van der Waals surface area contributed by atoms with Gasteiger partial charge in [-0.05, 0) is 67.9 Å². The van der Waals surface area contributed by atoms with Gasteiger partial charge in [0.15, 0.2) is 0 Å². The lowest BCUT2D eigenvalue weighted by molar-refractivity contribution is -0.128. The molecule has 0 saturated heterocycles. The lowest BCUT2D eigenvalue weighted by Crippen LogP contribution is -2.54. The molecule has 4 fully saturated rings. The molecule has 2 amide bonds. The molecule has 0 aliphatic heterocycles. The van der Waals surface area contributed by atoms with Crippen LogP contribution in [0.5, 0.6) is 0 Å². The minimum atomic E-state index is -0.537. The van der Waals surface area contributed by atoms with Crippen molar-refractivity contribution in [3.05, 3.63) is 35.6 Å². The standard InChI is InChI=1S/C21H26BrFN2O2/c22-21-10-14-7-15(11-21)9-20(8-14,13-21)12-18(26)24-5-6-25-19(27)16-3-1-2-4-17(16)23/h1-4,14-15H,5-13H2,(H,24,26)(H,25,27). The van der Waals surface area contributed by atoms with Crippen LogP contribution in [0.15, 0.2) is 24.3 Å². The summed E-state index contributed by atoms with van der Waals surface area (Å²) in [5.41, 5.74) is 0.175. The first-order valence-electron chi connectivity index (χ1n) is 9.85. The van der Waals surface area contributed by atoms with E-state index in [4.69, 9.17) is 0 Å². The normalized spacial score (nSPS) is 33.7. The fraction of sp³-hybridized carbons (Fsp3) is 0.619. The molecule has 1 aromatic rings. The Bertz CT molecular complexity index is 739. The van der Waals surface area contributed by atoms with E-state index in [-0.39, 0.29) is 21.2 Å². The quantitative estimate of drug-likeness (QED) is 0.526. The largest absolute Gasteiger partial charge is 0.354 e. The molecule has 4 nitrogen and oxygen atoms in total. The molecule has 2 N–H and O–H groups in total. The summed E-state index contributed by atoms with van der Waals surface area (Å²) in [5, 5.41) is 5.59. The fourth-order valence-electron chi connectivity index (χ4n) is 6.06. The van der Waals surface area contributed by atoms with Gasteiger partial charge in [0, 0.05) is 23.8 Å². The number of alkyl halides is 1. The van der Waals surface area contributed by atoms with Crippen molar-refractivity contribution >= 4 is 27.7 Å². The smallest absolute Gasteiger partial charge is 0.254 e. The highest BCUT2D eigenvalue weighted by Gasteiger charge is 2.57. The second-order valence-corrected chi connectivity index (χ2v) is 10.6. The molecule has 4 aliphatic rings. The van der Waals surface area contributed by atoms with Gasteiger partial charge in [-0.3, -0.25) is 9.59 Å². The molecule has 6 heteroatoms. The van der Waals surface area contributed by atoms with Crippen LogP contribution in [0.3, 0.4) is 0 Å². The SMILES string of the molecule is O=C(CC12CC3CC(CC(Br)(C3)C1)C2)NCCNC(=O)c1ccccc1F. The lowest BCUT2D eigenvalue weighted by atomic mass is 9.48. The second-order valence-electron chi connectivity index (χ2n) is 8.87. The number of hydrogen-bond acceptors (Lipinski definition) is 2. The van der Waals surface area contributed by atoms with E-state index in [0.717, 1.165) is 18.3 Å². The Morgan fingerprint density at radius 2 is 1.74 bits per heavy atom. The summed E-state index contributed by atoms with van der Waals surface area (Å²) in [6.07, 6.45) is 7.88. The minimum Gasteiger partial charge on any atom is -0.354 e. The number of hydrogen-bond donors (Lipinski definition) is 2. The molecule has 1 aromatic carbocycles. The van der Waals surface area contributed by atoms with Crippen LogP contribution in [-0.4, -0.2) is 29.2 Å². The molecule has 146 valence electrons. The Morgan fingerprint density at radius 1 is 1.07 bits per heavy atom. The Hall–Kier alpha value is -1.43. The van der Waals surface area contributed by atoms with E-state index in [0.29, 0.717) is 19.5 Å². The minimum absolute atomic E-state index is 0.0278. The monoisotopic (exact) mass is 436 g/mol. The lowest BCUT2D eigenvalue weighted by Gasteiger charge is -2.60. The summed E-state index contributed by atoms with van der Waals surface area (Å²) >= 11 is 3.98. The summed E-state index contributed by atoms with van der Waals surface area (Å²) in [4.78, 5) is 24.5. The molecule has 0 heterocycles. The molecule has 2 atom stereocenters. The van der Waals surface area contributed by atoms with Gasteiger partial charge in [0.25, 0.3) is 5.91 Å². The number of rotatable bonds is 6. The van der Waals surface area contributed by atoms with Crippen molar-refractivity contribution in [2.45, 2.75) is 49.3 Å². The van der Waals surface area contributed by atoms with E-state index < -0.39 is 11.7 Å². The van der Waals surface area contributed by atoms with Gasteiger partial charge in [-0.15, -0.1) is 0 Å². The number of benzene rings is 1. The van der Waals surface area contributed by atoms with Crippen LogP contribution in [-0.2, 0) is 4.79 Å². The van der Waals surface area contributed by atoms with Crippen LogP contribution >= 0.6 is 15.9 Å². The Labute approximate surface area is 167 Å². The van der Waals surface area contributed by atoms with Gasteiger partial charge in [-0.2, -0.15) is 0 Å². The maximum atomic E-state index is 13.6.